The second-order valence-corrected chi connectivity index (χ2v) is 3.42. The molecule has 0 saturated carbocycles. The molecule has 1 heterocycles. The van der Waals surface area contributed by atoms with Crippen LogP contribution in [-0.4, -0.2) is 17.8 Å². The van der Waals surface area contributed by atoms with Gasteiger partial charge in [-0.1, -0.05) is 18.2 Å². The highest BCUT2D eigenvalue weighted by Crippen LogP contribution is 2.16. The van der Waals surface area contributed by atoms with Crippen molar-refractivity contribution in [2.45, 2.75) is 5.38 Å². The molecule has 68 valence electrons. The van der Waals surface area contributed by atoms with Gasteiger partial charge in [0.2, 0.25) is 0 Å². The first-order valence-corrected chi connectivity index (χ1v) is 4.48. The minimum atomic E-state index is -0.444. The lowest BCUT2D eigenvalue weighted by Gasteiger charge is -2.16. The predicted octanol–water partition coefficient (Wildman–Crippen LogP) is 1.15. The number of amides is 1. The highest BCUT2D eigenvalue weighted by atomic mass is 35.5. The number of benzene rings is 1. The van der Waals surface area contributed by atoms with E-state index >= 15 is 0 Å². The third-order valence-electron chi connectivity index (χ3n) is 1.94. The Labute approximate surface area is 81.3 Å². The van der Waals surface area contributed by atoms with Crippen LogP contribution < -0.4 is 10.4 Å². The lowest BCUT2D eigenvalue weighted by Crippen LogP contribution is -2.32. The predicted molar refractivity (Wildman–Crippen MR) is 51.6 cm³/mol. The summed E-state index contributed by atoms with van der Waals surface area (Å²) in [6.07, 6.45) is 0. The molecule has 13 heavy (non-hydrogen) atoms. The van der Waals surface area contributed by atoms with Crippen molar-refractivity contribution in [3.63, 3.8) is 0 Å². The highest BCUT2D eigenvalue weighted by molar-refractivity contribution is 6.32. The van der Waals surface area contributed by atoms with E-state index in [4.69, 9.17) is 11.6 Å². The number of halogens is 1. The third kappa shape index (κ3) is 1.60. The Morgan fingerprint density at radius 2 is 2.08 bits per heavy atom. The third-order valence-corrected chi connectivity index (χ3v) is 2.28. The van der Waals surface area contributed by atoms with Crippen molar-refractivity contribution in [3.05, 3.63) is 30.3 Å². The first-order chi connectivity index (χ1) is 6.27. The van der Waals surface area contributed by atoms with Crippen molar-refractivity contribution in [2.24, 2.45) is 0 Å². The molecule has 1 aliphatic rings. The molecule has 1 unspecified atom stereocenters. The van der Waals surface area contributed by atoms with E-state index in [2.05, 4.69) is 5.43 Å². The number of carbonyl (C=O) groups excluding carboxylic acids is 1. The lowest BCUT2D eigenvalue weighted by molar-refractivity contribution is -0.118. The van der Waals surface area contributed by atoms with Crippen LogP contribution in [0.2, 0.25) is 0 Å². The number of nitrogens with one attached hydrogen (secondary N) is 1. The fourth-order valence-corrected chi connectivity index (χ4v) is 1.46. The van der Waals surface area contributed by atoms with E-state index in [9.17, 15) is 4.79 Å². The summed E-state index contributed by atoms with van der Waals surface area (Å²) in [5.41, 5.74) is 3.64. The summed E-state index contributed by atoms with van der Waals surface area (Å²) < 4.78 is 0. The number of carbonyl (C=O) groups is 1. The van der Waals surface area contributed by atoms with Gasteiger partial charge in [0, 0.05) is 0 Å². The van der Waals surface area contributed by atoms with E-state index in [0.29, 0.717) is 6.54 Å². The molecule has 0 aromatic heterocycles. The summed E-state index contributed by atoms with van der Waals surface area (Å²) in [5.74, 6) is -0.134. The zero-order chi connectivity index (χ0) is 9.26. The van der Waals surface area contributed by atoms with Crippen LogP contribution in [0, 0.1) is 0 Å². The monoisotopic (exact) mass is 196 g/mol. The van der Waals surface area contributed by atoms with Gasteiger partial charge in [0.1, 0.15) is 5.38 Å². The smallest absolute Gasteiger partial charge is 0.258 e. The number of hydrogen-bond acceptors (Lipinski definition) is 2. The van der Waals surface area contributed by atoms with Crippen molar-refractivity contribution >= 4 is 23.2 Å². The number of hydrogen-bond donors (Lipinski definition) is 1. The molecule has 1 fully saturated rings. The van der Waals surface area contributed by atoms with Crippen molar-refractivity contribution in [3.8, 4) is 0 Å². The molecule has 1 atom stereocenters. The van der Waals surface area contributed by atoms with E-state index in [0.717, 1.165) is 5.69 Å². The fraction of sp³-hybridized carbons (Fsp3) is 0.222. The van der Waals surface area contributed by atoms with Crippen LogP contribution in [0.4, 0.5) is 5.69 Å². The molecule has 1 aromatic carbocycles. The van der Waals surface area contributed by atoms with Gasteiger partial charge in [0.05, 0.1) is 12.2 Å². The maximum Gasteiger partial charge on any atom is 0.258 e. The van der Waals surface area contributed by atoms with Gasteiger partial charge >= 0.3 is 0 Å². The topological polar surface area (TPSA) is 32.3 Å². The zero-order valence-corrected chi connectivity index (χ0v) is 7.66. The van der Waals surface area contributed by atoms with Crippen LogP contribution in [0.3, 0.4) is 0 Å². The summed E-state index contributed by atoms with van der Waals surface area (Å²) in [6, 6.07) is 9.62. The maximum atomic E-state index is 11.1. The molecular weight excluding hydrogens is 188 g/mol. The molecule has 4 heteroatoms. The van der Waals surface area contributed by atoms with Gasteiger partial charge in [-0.05, 0) is 12.1 Å². The van der Waals surface area contributed by atoms with E-state index in [1.807, 2.05) is 30.3 Å². The highest BCUT2D eigenvalue weighted by Gasteiger charge is 2.28. The normalized spacial score (nSPS) is 21.8. The van der Waals surface area contributed by atoms with E-state index in [1.54, 1.807) is 5.01 Å². The molecule has 1 aliphatic heterocycles. The Hall–Kier alpha value is -1.22. The molecule has 1 saturated heterocycles. The van der Waals surface area contributed by atoms with Crippen molar-refractivity contribution in [1.82, 2.24) is 5.43 Å². The number of para-hydroxylation sites is 1. The molecule has 1 aromatic rings. The van der Waals surface area contributed by atoms with Crippen molar-refractivity contribution < 1.29 is 4.79 Å². The van der Waals surface area contributed by atoms with Crippen LogP contribution in [0.5, 0.6) is 0 Å². The van der Waals surface area contributed by atoms with Gasteiger partial charge in [0.15, 0.2) is 0 Å². The lowest BCUT2D eigenvalue weighted by atomic mass is 10.3. The average molecular weight is 197 g/mol. The van der Waals surface area contributed by atoms with Crippen molar-refractivity contribution in [2.75, 3.05) is 11.6 Å². The Bertz CT molecular complexity index is 315. The molecule has 0 spiro atoms. The molecular formula is C9H9ClN2O. The summed E-state index contributed by atoms with van der Waals surface area (Å²) in [5, 5.41) is 1.31. The van der Waals surface area contributed by atoms with Crippen molar-refractivity contribution in [1.29, 1.82) is 0 Å². The summed E-state index contributed by atoms with van der Waals surface area (Å²) in [4.78, 5) is 11.1. The number of alkyl halides is 1. The summed E-state index contributed by atoms with van der Waals surface area (Å²) in [6.45, 7) is 0.518. The number of rotatable bonds is 1. The van der Waals surface area contributed by atoms with E-state index in [-0.39, 0.29) is 5.91 Å². The first kappa shape index (κ1) is 8.38. The molecule has 1 amide bonds. The molecule has 2 rings (SSSR count). The zero-order valence-electron chi connectivity index (χ0n) is 6.90. The van der Waals surface area contributed by atoms with Crippen LogP contribution >= 0.6 is 11.6 Å². The molecule has 0 aliphatic carbocycles. The second kappa shape index (κ2) is 3.26. The Kier molecular flexibility index (Phi) is 2.10. The quantitative estimate of drug-likeness (QED) is 0.684. The summed E-state index contributed by atoms with van der Waals surface area (Å²) in [7, 11) is 0. The van der Waals surface area contributed by atoms with E-state index in [1.165, 1.54) is 0 Å². The van der Waals surface area contributed by atoms with Gasteiger partial charge in [0.25, 0.3) is 5.91 Å². The van der Waals surface area contributed by atoms with Crippen LogP contribution in [0.15, 0.2) is 30.3 Å². The minimum absolute atomic E-state index is 0.134. The first-order valence-electron chi connectivity index (χ1n) is 4.04. The second-order valence-electron chi connectivity index (χ2n) is 2.89. The SMILES string of the molecule is O=C1NN(c2ccccc2)CC1Cl. The largest absolute Gasteiger partial charge is 0.284 e. The number of hydrazine groups is 1. The average Bonchev–Trinajstić information content (AvgIpc) is 2.49. The number of nitrogens with zero attached hydrogens (tertiary/aromatic N) is 1. The van der Waals surface area contributed by atoms with E-state index < -0.39 is 5.38 Å². The Morgan fingerprint density at radius 1 is 1.38 bits per heavy atom. The molecule has 0 bridgehead atoms. The molecule has 0 radical (unpaired) electrons. The van der Waals surface area contributed by atoms with Crippen LogP contribution in [0.1, 0.15) is 0 Å². The Balaban J connectivity index is 2.17. The van der Waals surface area contributed by atoms with Gasteiger partial charge in [-0.2, -0.15) is 0 Å². The summed E-state index contributed by atoms with van der Waals surface area (Å²) >= 11 is 5.75. The maximum absolute atomic E-state index is 11.1. The van der Waals surface area contributed by atoms with Gasteiger partial charge in [-0.25, -0.2) is 0 Å². The van der Waals surface area contributed by atoms with Crippen LogP contribution in [0.25, 0.3) is 0 Å². The van der Waals surface area contributed by atoms with Gasteiger partial charge in [-0.3, -0.25) is 15.2 Å². The fourth-order valence-electron chi connectivity index (χ4n) is 1.27. The van der Waals surface area contributed by atoms with Gasteiger partial charge in [-0.15, -0.1) is 11.6 Å². The molecule has 1 N–H and O–H groups in total. The Morgan fingerprint density at radius 3 is 2.62 bits per heavy atom. The molecule has 3 nitrogen and oxygen atoms in total. The van der Waals surface area contributed by atoms with Crippen LogP contribution in [-0.2, 0) is 4.79 Å². The standard InChI is InChI=1S/C9H9ClN2O/c10-8-6-12(11-9(8)13)7-4-2-1-3-5-7/h1-5,8H,6H2,(H,11,13). The number of anilines is 1. The van der Waals surface area contributed by atoms with Gasteiger partial charge < -0.3 is 0 Å². The minimum Gasteiger partial charge on any atom is -0.284 e.